The number of benzene rings is 1. The number of rotatable bonds is 7. The number of carboxylic acid groups (broad SMARTS) is 1. The van der Waals surface area contributed by atoms with E-state index in [2.05, 4.69) is 14.5 Å². The summed E-state index contributed by atoms with van der Waals surface area (Å²) in [7, 11) is 0. The number of aromatic nitrogens is 1. The van der Waals surface area contributed by atoms with Crippen LogP contribution in [0.5, 0.6) is 0 Å². The van der Waals surface area contributed by atoms with E-state index >= 15 is 0 Å². The zero-order valence-corrected chi connectivity index (χ0v) is 20.6. The quantitative estimate of drug-likeness (QED) is 0.213. The first-order chi connectivity index (χ1) is 16.5. The molecule has 1 aromatic heterocycles. The van der Waals surface area contributed by atoms with Gasteiger partial charge in [0.15, 0.2) is 11.9 Å². The van der Waals surface area contributed by atoms with E-state index in [0.29, 0.717) is 0 Å². The zero-order chi connectivity index (χ0) is 27.8. The highest BCUT2D eigenvalue weighted by molar-refractivity contribution is 7.19. The van der Waals surface area contributed by atoms with Gasteiger partial charge in [-0.2, -0.15) is 18.4 Å². The normalized spacial score (nSPS) is 11.9. The molecule has 0 radical (unpaired) electrons. The fourth-order valence-electron chi connectivity index (χ4n) is 2.07. The molecule has 0 aliphatic heterocycles. The zero-order valence-electron chi connectivity index (χ0n) is 19.1. The SMILES string of the molecule is CC(N)OC(=O)OCC(C)(C)C(=O)O.N#CC(=N)C(=N)c1nc(-c2cccc(C(F)(F)F)c2)sc1Cl. The van der Waals surface area contributed by atoms with Crippen LogP contribution in [0.3, 0.4) is 0 Å². The molecule has 15 heteroatoms. The second kappa shape index (κ2) is 12.4. The molecule has 36 heavy (non-hydrogen) atoms. The Hall–Kier alpha value is -3.54. The summed E-state index contributed by atoms with van der Waals surface area (Å²) in [6.45, 7) is 4.08. The van der Waals surface area contributed by atoms with Crippen molar-refractivity contribution in [2.45, 2.75) is 33.2 Å². The molecule has 0 spiro atoms. The van der Waals surface area contributed by atoms with Gasteiger partial charge < -0.3 is 14.6 Å². The van der Waals surface area contributed by atoms with Crippen LogP contribution in [0.2, 0.25) is 4.34 Å². The number of nitriles is 1. The van der Waals surface area contributed by atoms with Crippen molar-refractivity contribution < 1.29 is 37.3 Å². The molecule has 1 atom stereocenters. The number of nitrogens with two attached hydrogens (primary N) is 1. The standard InChI is InChI=1S/C13H6ClF3N4S.C8H15NO5/c14-11-10(9(20)8(19)5-18)21-12(22-11)6-2-1-3-7(4-6)13(15,16)17;1-5(9)14-7(12)13-4-8(2,3)6(10)11/h1-4,19-20H;5H,4,9H2,1-3H3,(H,10,11). The molecular weight excluding hydrogens is 527 g/mol. The summed E-state index contributed by atoms with van der Waals surface area (Å²) in [6, 6.07) is 6.03. The van der Waals surface area contributed by atoms with Crippen molar-refractivity contribution in [1.82, 2.24) is 4.98 Å². The smallest absolute Gasteiger partial charge is 0.481 e. The molecule has 0 aliphatic rings. The molecule has 0 saturated heterocycles. The van der Waals surface area contributed by atoms with Crippen LogP contribution in [0, 0.1) is 27.6 Å². The van der Waals surface area contributed by atoms with Crippen LogP contribution in [-0.2, 0) is 20.4 Å². The molecule has 0 bridgehead atoms. The van der Waals surface area contributed by atoms with E-state index in [0.717, 1.165) is 23.5 Å². The lowest BCUT2D eigenvalue weighted by atomic mass is 9.95. The fraction of sp³-hybridized carbons (Fsp3) is 0.333. The van der Waals surface area contributed by atoms with Crippen molar-refractivity contribution in [2.75, 3.05) is 6.61 Å². The third kappa shape index (κ3) is 8.91. The number of hydrogen-bond acceptors (Lipinski definition) is 10. The third-order valence-electron chi connectivity index (χ3n) is 4.03. The maximum atomic E-state index is 12.7. The summed E-state index contributed by atoms with van der Waals surface area (Å²) in [5, 5.41) is 32.4. The van der Waals surface area contributed by atoms with E-state index in [1.807, 2.05) is 0 Å². The summed E-state index contributed by atoms with van der Waals surface area (Å²) in [4.78, 5) is 25.4. The molecule has 0 aliphatic carbocycles. The number of carbonyl (C=O) groups is 2. The summed E-state index contributed by atoms with van der Waals surface area (Å²) in [5.74, 6) is -1.05. The third-order valence-corrected chi connectivity index (χ3v) is 5.34. The topological polar surface area (TPSA) is 183 Å². The first kappa shape index (κ1) is 30.5. The fourth-order valence-corrected chi connectivity index (χ4v) is 3.22. The van der Waals surface area contributed by atoms with E-state index < -0.39 is 46.9 Å². The van der Waals surface area contributed by atoms with Crippen LogP contribution in [0.4, 0.5) is 18.0 Å². The van der Waals surface area contributed by atoms with Crippen molar-refractivity contribution in [1.29, 1.82) is 16.1 Å². The minimum absolute atomic E-state index is 0.0393. The number of halogens is 4. The van der Waals surface area contributed by atoms with Gasteiger partial charge in [-0.3, -0.25) is 21.3 Å². The second-order valence-electron chi connectivity index (χ2n) is 7.63. The van der Waals surface area contributed by atoms with Crippen molar-refractivity contribution in [3.63, 3.8) is 0 Å². The molecular formula is C21H21ClF3N5O5S. The Labute approximate surface area is 212 Å². The van der Waals surface area contributed by atoms with Gasteiger partial charge in [0.05, 0.1) is 11.0 Å². The van der Waals surface area contributed by atoms with Crippen LogP contribution in [0.15, 0.2) is 24.3 Å². The number of aliphatic carboxylic acids is 1. The van der Waals surface area contributed by atoms with Crippen LogP contribution >= 0.6 is 22.9 Å². The molecule has 0 saturated carbocycles. The number of hydrogen-bond donors (Lipinski definition) is 4. The number of nitrogens with one attached hydrogen (secondary N) is 2. The van der Waals surface area contributed by atoms with E-state index in [1.165, 1.54) is 39.0 Å². The molecule has 2 rings (SSSR count). The molecule has 2 aromatic rings. The predicted octanol–water partition coefficient (Wildman–Crippen LogP) is 4.95. The average molecular weight is 548 g/mol. The van der Waals surface area contributed by atoms with Gasteiger partial charge in [0.2, 0.25) is 0 Å². The number of nitrogens with zero attached hydrogens (tertiary/aromatic N) is 2. The van der Waals surface area contributed by atoms with Gasteiger partial charge in [0.1, 0.15) is 33.4 Å². The minimum atomic E-state index is -4.48. The Morgan fingerprint density at radius 3 is 2.44 bits per heavy atom. The van der Waals surface area contributed by atoms with Gasteiger partial charge in [0.25, 0.3) is 0 Å². The maximum Gasteiger partial charge on any atom is 0.509 e. The van der Waals surface area contributed by atoms with E-state index in [9.17, 15) is 22.8 Å². The number of carbonyl (C=O) groups excluding carboxylic acids is 1. The van der Waals surface area contributed by atoms with Gasteiger partial charge in [-0.25, -0.2) is 9.78 Å². The molecule has 1 heterocycles. The Morgan fingerprint density at radius 2 is 1.94 bits per heavy atom. The predicted molar refractivity (Wildman–Crippen MR) is 125 cm³/mol. The lowest BCUT2D eigenvalue weighted by Crippen LogP contribution is -2.32. The van der Waals surface area contributed by atoms with Crippen molar-refractivity contribution >= 4 is 46.5 Å². The molecule has 0 fully saturated rings. The molecule has 0 amide bonds. The number of ether oxygens (including phenoxy) is 2. The van der Waals surface area contributed by atoms with E-state index in [4.69, 9.17) is 38.5 Å². The Kier molecular flexibility index (Phi) is 10.5. The summed E-state index contributed by atoms with van der Waals surface area (Å²) < 4.78 is 47.2. The largest absolute Gasteiger partial charge is 0.509 e. The highest BCUT2D eigenvalue weighted by Crippen LogP contribution is 2.36. The van der Waals surface area contributed by atoms with Gasteiger partial charge in [-0.15, -0.1) is 11.3 Å². The summed E-state index contributed by atoms with van der Waals surface area (Å²) >= 11 is 6.79. The van der Waals surface area contributed by atoms with Crippen LogP contribution < -0.4 is 5.73 Å². The van der Waals surface area contributed by atoms with Crippen LogP contribution in [-0.4, -0.2) is 46.5 Å². The van der Waals surface area contributed by atoms with E-state index in [-0.39, 0.29) is 27.2 Å². The number of carboxylic acids is 1. The summed E-state index contributed by atoms with van der Waals surface area (Å²) in [6.07, 6.45) is -6.21. The molecule has 10 nitrogen and oxygen atoms in total. The number of alkyl halides is 3. The Balaban J connectivity index is 0.000000402. The lowest BCUT2D eigenvalue weighted by Gasteiger charge is -2.18. The van der Waals surface area contributed by atoms with Crippen molar-refractivity contribution in [3.05, 3.63) is 39.9 Å². The Bertz CT molecular complexity index is 1190. The van der Waals surface area contributed by atoms with Gasteiger partial charge in [-0.05, 0) is 32.9 Å². The number of thiazole rings is 1. The Morgan fingerprint density at radius 1 is 1.33 bits per heavy atom. The van der Waals surface area contributed by atoms with Crippen LogP contribution in [0.25, 0.3) is 10.6 Å². The maximum absolute atomic E-state index is 12.7. The van der Waals surface area contributed by atoms with Crippen LogP contribution in [0.1, 0.15) is 32.0 Å². The first-order valence-corrected chi connectivity index (χ1v) is 10.9. The monoisotopic (exact) mass is 547 g/mol. The van der Waals surface area contributed by atoms with Gasteiger partial charge >= 0.3 is 18.3 Å². The summed E-state index contributed by atoms with van der Waals surface area (Å²) in [5.41, 5.74) is 2.22. The lowest BCUT2D eigenvalue weighted by molar-refractivity contribution is -0.149. The molecule has 1 aromatic carbocycles. The molecule has 194 valence electrons. The highest BCUT2D eigenvalue weighted by Gasteiger charge is 2.31. The first-order valence-electron chi connectivity index (χ1n) is 9.74. The molecule has 5 N–H and O–H groups in total. The second-order valence-corrected chi connectivity index (χ2v) is 9.23. The highest BCUT2D eigenvalue weighted by atomic mass is 35.5. The van der Waals surface area contributed by atoms with Gasteiger partial charge in [-0.1, -0.05) is 23.7 Å². The van der Waals surface area contributed by atoms with Crippen molar-refractivity contribution in [2.24, 2.45) is 11.1 Å². The minimum Gasteiger partial charge on any atom is -0.481 e. The van der Waals surface area contributed by atoms with Crippen molar-refractivity contribution in [3.8, 4) is 16.6 Å². The molecule has 1 unspecified atom stereocenters. The average Bonchev–Trinajstić information content (AvgIpc) is 3.17. The van der Waals surface area contributed by atoms with Gasteiger partial charge in [0, 0.05) is 5.56 Å². The van der Waals surface area contributed by atoms with E-state index in [1.54, 1.807) is 0 Å².